The van der Waals surface area contributed by atoms with Gasteiger partial charge in [0.2, 0.25) is 0 Å². The van der Waals surface area contributed by atoms with Gasteiger partial charge in [0.05, 0.1) is 18.8 Å². The SMILES string of the molecule is COCC(O)CCNC(=O)NC1c2ccccc2CCC1C. The van der Waals surface area contributed by atoms with E-state index in [0.29, 0.717) is 18.9 Å². The molecule has 0 radical (unpaired) electrons. The molecule has 0 bridgehead atoms. The Balaban J connectivity index is 1.86. The Morgan fingerprint density at radius 1 is 1.45 bits per heavy atom. The van der Waals surface area contributed by atoms with Crippen molar-refractivity contribution in [1.29, 1.82) is 0 Å². The van der Waals surface area contributed by atoms with E-state index in [4.69, 9.17) is 4.74 Å². The summed E-state index contributed by atoms with van der Waals surface area (Å²) in [5, 5.41) is 15.4. The Bertz CT molecular complexity index is 493. The molecule has 1 aliphatic carbocycles. The number of ether oxygens (including phenoxy) is 1. The van der Waals surface area contributed by atoms with Gasteiger partial charge in [-0.05, 0) is 36.3 Å². The van der Waals surface area contributed by atoms with Crippen molar-refractivity contribution in [2.75, 3.05) is 20.3 Å². The van der Waals surface area contributed by atoms with Crippen molar-refractivity contribution >= 4 is 6.03 Å². The van der Waals surface area contributed by atoms with Gasteiger partial charge in [0, 0.05) is 13.7 Å². The smallest absolute Gasteiger partial charge is 0.315 e. The summed E-state index contributed by atoms with van der Waals surface area (Å²) in [4.78, 5) is 12.1. The highest BCUT2D eigenvalue weighted by Gasteiger charge is 2.27. The molecule has 0 aliphatic heterocycles. The summed E-state index contributed by atoms with van der Waals surface area (Å²) >= 11 is 0. The number of benzene rings is 1. The Hall–Kier alpha value is -1.59. The molecule has 0 saturated heterocycles. The number of aryl methyl sites for hydroxylation is 1. The summed E-state index contributed by atoms with van der Waals surface area (Å²) in [6.45, 7) is 2.89. The van der Waals surface area contributed by atoms with Gasteiger partial charge in [0.1, 0.15) is 0 Å². The molecule has 0 aromatic heterocycles. The Kier molecular flexibility index (Phi) is 6.21. The van der Waals surface area contributed by atoms with Gasteiger partial charge in [-0.25, -0.2) is 4.79 Å². The third-order valence-corrected chi connectivity index (χ3v) is 4.24. The van der Waals surface area contributed by atoms with E-state index < -0.39 is 6.10 Å². The van der Waals surface area contributed by atoms with Gasteiger partial charge in [0.25, 0.3) is 0 Å². The molecule has 2 rings (SSSR count). The first-order valence-corrected chi connectivity index (χ1v) is 7.91. The predicted molar refractivity (Wildman–Crippen MR) is 85.7 cm³/mol. The normalized spacial score (nSPS) is 21.8. The van der Waals surface area contributed by atoms with E-state index in [1.54, 1.807) is 7.11 Å². The van der Waals surface area contributed by atoms with Gasteiger partial charge in [-0.2, -0.15) is 0 Å². The molecule has 5 heteroatoms. The second-order valence-electron chi connectivity index (χ2n) is 5.99. The summed E-state index contributed by atoms with van der Waals surface area (Å²) in [7, 11) is 1.55. The van der Waals surface area contributed by atoms with Crippen molar-refractivity contribution in [3.05, 3.63) is 35.4 Å². The van der Waals surface area contributed by atoms with E-state index in [1.807, 2.05) is 12.1 Å². The van der Waals surface area contributed by atoms with Crippen LogP contribution >= 0.6 is 0 Å². The zero-order valence-electron chi connectivity index (χ0n) is 13.3. The third kappa shape index (κ3) is 4.45. The molecule has 3 atom stereocenters. The van der Waals surface area contributed by atoms with E-state index in [1.165, 1.54) is 11.1 Å². The highest BCUT2D eigenvalue weighted by atomic mass is 16.5. The number of hydrogen-bond acceptors (Lipinski definition) is 3. The van der Waals surface area contributed by atoms with Crippen molar-refractivity contribution < 1.29 is 14.6 Å². The minimum atomic E-state index is -0.542. The average molecular weight is 306 g/mol. The number of urea groups is 1. The highest BCUT2D eigenvalue weighted by molar-refractivity contribution is 5.74. The second-order valence-corrected chi connectivity index (χ2v) is 5.99. The van der Waals surface area contributed by atoms with Crippen molar-refractivity contribution in [2.45, 2.75) is 38.3 Å². The van der Waals surface area contributed by atoms with Crippen LogP contribution < -0.4 is 10.6 Å². The van der Waals surface area contributed by atoms with Crippen LogP contribution in [0.3, 0.4) is 0 Å². The van der Waals surface area contributed by atoms with Gasteiger partial charge in [-0.15, -0.1) is 0 Å². The molecule has 3 unspecified atom stereocenters. The standard InChI is InChI=1S/C17H26N2O3/c1-12-7-8-13-5-3-4-6-15(13)16(12)19-17(21)18-10-9-14(20)11-22-2/h3-6,12,14,16,20H,7-11H2,1-2H3,(H2,18,19,21). The van der Waals surface area contributed by atoms with E-state index in [0.717, 1.165) is 12.8 Å². The minimum Gasteiger partial charge on any atom is -0.391 e. The molecule has 3 N–H and O–H groups in total. The lowest BCUT2D eigenvalue weighted by Gasteiger charge is -2.32. The van der Waals surface area contributed by atoms with Crippen LogP contribution in [-0.2, 0) is 11.2 Å². The summed E-state index contributed by atoms with van der Waals surface area (Å²) < 4.78 is 4.86. The Labute approximate surface area is 132 Å². The third-order valence-electron chi connectivity index (χ3n) is 4.24. The molecule has 1 aliphatic rings. The fourth-order valence-corrected chi connectivity index (χ4v) is 2.96. The van der Waals surface area contributed by atoms with Crippen molar-refractivity contribution in [2.24, 2.45) is 5.92 Å². The van der Waals surface area contributed by atoms with Gasteiger partial charge < -0.3 is 20.5 Å². The van der Waals surface area contributed by atoms with Gasteiger partial charge >= 0.3 is 6.03 Å². The minimum absolute atomic E-state index is 0.0499. The molecule has 122 valence electrons. The summed E-state index contributed by atoms with van der Waals surface area (Å²) in [6.07, 6.45) is 2.09. The highest BCUT2D eigenvalue weighted by Crippen LogP contribution is 2.33. The van der Waals surface area contributed by atoms with Crippen LogP contribution in [0.1, 0.15) is 36.9 Å². The first kappa shape index (κ1) is 16.8. The number of aliphatic hydroxyl groups is 1. The molecule has 5 nitrogen and oxygen atoms in total. The van der Waals surface area contributed by atoms with E-state index >= 15 is 0 Å². The lowest BCUT2D eigenvalue weighted by molar-refractivity contribution is 0.0598. The maximum Gasteiger partial charge on any atom is 0.315 e. The van der Waals surface area contributed by atoms with Crippen LogP contribution in [0.25, 0.3) is 0 Å². The summed E-state index contributed by atoms with van der Waals surface area (Å²) in [5.74, 6) is 0.416. The zero-order valence-corrected chi connectivity index (χ0v) is 13.3. The first-order chi connectivity index (χ1) is 10.6. The largest absolute Gasteiger partial charge is 0.391 e. The summed E-state index contributed by atoms with van der Waals surface area (Å²) in [5.41, 5.74) is 2.54. The number of methoxy groups -OCH3 is 1. The van der Waals surface area contributed by atoms with Gasteiger partial charge in [-0.1, -0.05) is 31.2 Å². The predicted octanol–water partition coefficient (Wildman–Crippen LogP) is 2.01. The molecule has 0 spiro atoms. The van der Waals surface area contributed by atoms with Crippen LogP contribution in [0.2, 0.25) is 0 Å². The number of carbonyl (C=O) groups excluding carboxylic acids is 1. The van der Waals surface area contributed by atoms with Crippen LogP contribution in [0.5, 0.6) is 0 Å². The zero-order chi connectivity index (χ0) is 15.9. The van der Waals surface area contributed by atoms with E-state index in [-0.39, 0.29) is 18.7 Å². The van der Waals surface area contributed by atoms with Crippen LogP contribution in [0.15, 0.2) is 24.3 Å². The number of carbonyl (C=O) groups is 1. The van der Waals surface area contributed by atoms with Crippen LogP contribution in [0.4, 0.5) is 4.79 Å². The molecule has 0 heterocycles. The maximum atomic E-state index is 12.1. The Morgan fingerprint density at radius 3 is 3.00 bits per heavy atom. The van der Waals surface area contributed by atoms with E-state index in [9.17, 15) is 9.90 Å². The number of aliphatic hydroxyl groups excluding tert-OH is 1. The quantitative estimate of drug-likeness (QED) is 0.753. The molecule has 0 fully saturated rings. The van der Waals surface area contributed by atoms with Crippen molar-refractivity contribution in [1.82, 2.24) is 10.6 Å². The number of rotatable bonds is 6. The lowest BCUT2D eigenvalue weighted by Crippen LogP contribution is -2.42. The fraction of sp³-hybridized carbons (Fsp3) is 0.588. The molecule has 0 saturated carbocycles. The molecule has 1 aromatic carbocycles. The number of amides is 2. The molecule has 2 amide bonds. The van der Waals surface area contributed by atoms with Crippen molar-refractivity contribution in [3.8, 4) is 0 Å². The van der Waals surface area contributed by atoms with Gasteiger partial charge in [-0.3, -0.25) is 0 Å². The molecular weight excluding hydrogens is 280 g/mol. The van der Waals surface area contributed by atoms with Crippen LogP contribution in [-0.4, -0.2) is 37.5 Å². The molecular formula is C17H26N2O3. The second kappa shape index (κ2) is 8.15. The molecule has 22 heavy (non-hydrogen) atoms. The van der Waals surface area contributed by atoms with Gasteiger partial charge in [0.15, 0.2) is 0 Å². The molecule has 1 aromatic rings. The first-order valence-electron chi connectivity index (χ1n) is 7.91. The number of nitrogens with one attached hydrogen (secondary N) is 2. The van der Waals surface area contributed by atoms with Crippen LogP contribution in [0, 0.1) is 5.92 Å². The summed E-state index contributed by atoms with van der Waals surface area (Å²) in [6, 6.07) is 8.16. The number of hydrogen-bond donors (Lipinski definition) is 3. The maximum absolute atomic E-state index is 12.1. The lowest BCUT2D eigenvalue weighted by atomic mass is 9.81. The number of fused-ring (bicyclic) bond motifs is 1. The Morgan fingerprint density at radius 2 is 2.23 bits per heavy atom. The average Bonchev–Trinajstić information content (AvgIpc) is 2.50. The fourth-order valence-electron chi connectivity index (χ4n) is 2.96. The van der Waals surface area contributed by atoms with Crippen molar-refractivity contribution in [3.63, 3.8) is 0 Å². The topological polar surface area (TPSA) is 70.6 Å². The van der Waals surface area contributed by atoms with E-state index in [2.05, 4.69) is 29.7 Å². The monoisotopic (exact) mass is 306 g/mol.